The summed E-state index contributed by atoms with van der Waals surface area (Å²) in [7, 11) is -3.51. The molecule has 3 heterocycles. The van der Waals surface area contributed by atoms with Crippen molar-refractivity contribution >= 4 is 38.3 Å². The lowest BCUT2D eigenvalue weighted by atomic mass is 9.93. The van der Waals surface area contributed by atoms with Crippen LogP contribution in [0.1, 0.15) is 83.5 Å². The van der Waals surface area contributed by atoms with Gasteiger partial charge in [0.15, 0.2) is 0 Å². The number of imidazole rings is 1. The zero-order valence-electron chi connectivity index (χ0n) is 22.9. The van der Waals surface area contributed by atoms with Crippen molar-refractivity contribution < 1.29 is 13.2 Å². The number of sulfonamides is 1. The van der Waals surface area contributed by atoms with Crippen molar-refractivity contribution in [3.63, 3.8) is 0 Å². The zero-order valence-corrected chi connectivity index (χ0v) is 24.5. The van der Waals surface area contributed by atoms with Crippen LogP contribution in [0.2, 0.25) is 0 Å². The van der Waals surface area contributed by atoms with Crippen molar-refractivity contribution in [3.8, 4) is 0 Å². The van der Waals surface area contributed by atoms with E-state index in [4.69, 9.17) is 4.98 Å². The van der Waals surface area contributed by atoms with Gasteiger partial charge in [0.05, 0.1) is 22.5 Å². The summed E-state index contributed by atoms with van der Waals surface area (Å²) in [6.45, 7) is 3.43. The number of hydrogen-bond donors (Lipinski definition) is 1. The molecule has 1 N–H and O–H groups in total. The number of aromatic nitrogens is 2. The van der Waals surface area contributed by atoms with Gasteiger partial charge in [0.25, 0.3) is 5.91 Å². The van der Waals surface area contributed by atoms with Crippen LogP contribution < -0.4 is 5.32 Å². The predicted octanol–water partition coefficient (Wildman–Crippen LogP) is 6.41. The lowest BCUT2D eigenvalue weighted by Gasteiger charge is -2.33. The highest BCUT2D eigenvalue weighted by atomic mass is 32.2. The van der Waals surface area contributed by atoms with Crippen LogP contribution in [0.25, 0.3) is 11.0 Å². The lowest BCUT2D eigenvalue weighted by Crippen LogP contribution is -2.38. The van der Waals surface area contributed by atoms with Gasteiger partial charge in [-0.2, -0.15) is 4.31 Å². The second-order valence-electron chi connectivity index (χ2n) is 11.1. The largest absolute Gasteiger partial charge is 0.347 e. The summed E-state index contributed by atoms with van der Waals surface area (Å²) in [5.74, 6) is 1.12. The quantitative estimate of drug-likeness (QED) is 0.276. The number of carbonyl (C=O) groups is 1. The smallest absolute Gasteiger partial charge is 0.251 e. The van der Waals surface area contributed by atoms with Crippen LogP contribution in [0.3, 0.4) is 0 Å². The number of nitrogens with zero attached hydrogens (tertiary/aromatic N) is 3. The molecule has 0 spiro atoms. The van der Waals surface area contributed by atoms with Gasteiger partial charge in [0, 0.05) is 35.5 Å². The average molecular weight is 577 g/mol. The monoisotopic (exact) mass is 576 g/mol. The normalized spacial score (nSPS) is 17.8. The Morgan fingerprint density at radius 1 is 1.00 bits per heavy atom. The Balaban J connectivity index is 1.25. The number of fused-ring (bicyclic) bond motifs is 1. The van der Waals surface area contributed by atoms with E-state index in [1.54, 1.807) is 27.8 Å². The molecule has 210 valence electrons. The fourth-order valence-corrected chi connectivity index (χ4v) is 8.28. The van der Waals surface area contributed by atoms with E-state index in [9.17, 15) is 13.2 Å². The molecule has 0 atom stereocenters. The average Bonchev–Trinajstić information content (AvgIpc) is 3.64. The molecule has 40 heavy (non-hydrogen) atoms. The van der Waals surface area contributed by atoms with Crippen LogP contribution in [0, 0.1) is 6.92 Å². The van der Waals surface area contributed by atoms with Gasteiger partial charge in [-0.3, -0.25) is 4.79 Å². The van der Waals surface area contributed by atoms with Crippen molar-refractivity contribution in [1.82, 2.24) is 19.2 Å². The molecular weight excluding hydrogens is 541 g/mol. The number of carbonyl (C=O) groups excluding carboxylic acids is 1. The third-order valence-electron chi connectivity index (χ3n) is 8.40. The number of amides is 1. The van der Waals surface area contributed by atoms with Crippen molar-refractivity contribution in [2.45, 2.75) is 75.3 Å². The van der Waals surface area contributed by atoms with Crippen LogP contribution in [-0.2, 0) is 16.6 Å². The summed E-state index contributed by atoms with van der Waals surface area (Å²) in [4.78, 5) is 19.6. The number of thiophene rings is 1. The molecular formula is C31H36N4O3S2. The molecule has 6 rings (SSSR count). The molecule has 1 aliphatic heterocycles. The summed E-state index contributed by atoms with van der Waals surface area (Å²) < 4.78 is 30.6. The van der Waals surface area contributed by atoms with Crippen molar-refractivity contribution in [1.29, 1.82) is 0 Å². The highest BCUT2D eigenvalue weighted by Crippen LogP contribution is 2.38. The number of rotatable bonds is 7. The van der Waals surface area contributed by atoms with E-state index in [-0.39, 0.29) is 11.8 Å². The van der Waals surface area contributed by atoms with E-state index < -0.39 is 10.0 Å². The molecule has 0 bridgehead atoms. The summed E-state index contributed by atoms with van der Waals surface area (Å²) in [6, 6.07) is 17.4. The molecule has 7 nitrogen and oxygen atoms in total. The number of benzene rings is 2. The molecule has 2 aromatic heterocycles. The SMILES string of the molecule is Cc1ccc(S(=O)(=O)N2CCC(c3nc4cc(C(=O)NCc5cccs5)ccc4n3C3CCCCC3)CC2)cc1. The highest BCUT2D eigenvalue weighted by molar-refractivity contribution is 7.89. The third-order valence-corrected chi connectivity index (χ3v) is 11.2. The van der Waals surface area contributed by atoms with Gasteiger partial charge in [-0.15, -0.1) is 11.3 Å². The van der Waals surface area contributed by atoms with Gasteiger partial charge in [-0.25, -0.2) is 13.4 Å². The van der Waals surface area contributed by atoms with Gasteiger partial charge in [0.2, 0.25) is 10.0 Å². The van der Waals surface area contributed by atoms with E-state index in [0.717, 1.165) is 53.0 Å². The molecule has 1 saturated carbocycles. The minimum Gasteiger partial charge on any atom is -0.347 e. The van der Waals surface area contributed by atoms with Crippen LogP contribution in [-0.4, -0.2) is 41.3 Å². The van der Waals surface area contributed by atoms with Gasteiger partial charge in [-0.1, -0.05) is 43.0 Å². The molecule has 2 aromatic carbocycles. The van der Waals surface area contributed by atoms with Crippen molar-refractivity contribution in [3.05, 3.63) is 81.8 Å². The number of hydrogen-bond acceptors (Lipinski definition) is 5. The molecule has 1 aliphatic carbocycles. The maximum Gasteiger partial charge on any atom is 0.251 e. The molecule has 0 radical (unpaired) electrons. The molecule has 1 saturated heterocycles. The fraction of sp³-hybridized carbons (Fsp3) is 0.419. The second-order valence-corrected chi connectivity index (χ2v) is 14.1. The Labute approximate surface area is 240 Å². The zero-order chi connectivity index (χ0) is 27.7. The van der Waals surface area contributed by atoms with E-state index in [1.807, 2.05) is 48.7 Å². The van der Waals surface area contributed by atoms with Gasteiger partial charge in [0.1, 0.15) is 5.82 Å². The Morgan fingerprint density at radius 2 is 1.75 bits per heavy atom. The van der Waals surface area contributed by atoms with E-state index in [0.29, 0.717) is 36.1 Å². The number of aryl methyl sites for hydroxylation is 1. The second kappa shape index (κ2) is 11.5. The molecule has 4 aromatic rings. The first kappa shape index (κ1) is 27.2. The topological polar surface area (TPSA) is 84.3 Å². The molecule has 2 aliphatic rings. The van der Waals surface area contributed by atoms with E-state index in [1.165, 1.54) is 19.3 Å². The van der Waals surface area contributed by atoms with Crippen molar-refractivity contribution in [2.75, 3.05) is 13.1 Å². The molecule has 2 fully saturated rings. The molecule has 9 heteroatoms. The summed E-state index contributed by atoms with van der Waals surface area (Å²) >= 11 is 1.63. The lowest BCUT2D eigenvalue weighted by molar-refractivity contribution is 0.0951. The number of piperidine rings is 1. The molecule has 1 amide bonds. The van der Waals surface area contributed by atoms with E-state index >= 15 is 0 Å². The Hall–Kier alpha value is -3.01. The molecule has 0 unspecified atom stereocenters. The minimum absolute atomic E-state index is 0.0984. The fourth-order valence-electron chi connectivity index (χ4n) is 6.17. The van der Waals surface area contributed by atoms with Crippen LogP contribution >= 0.6 is 11.3 Å². The Bertz CT molecular complexity index is 1580. The van der Waals surface area contributed by atoms with Gasteiger partial charge >= 0.3 is 0 Å². The summed E-state index contributed by atoms with van der Waals surface area (Å²) in [5, 5.41) is 5.03. The van der Waals surface area contributed by atoms with E-state index in [2.05, 4.69) is 16.0 Å². The summed E-state index contributed by atoms with van der Waals surface area (Å²) in [6.07, 6.45) is 7.40. The maximum atomic E-state index is 13.3. The summed E-state index contributed by atoms with van der Waals surface area (Å²) in [5.41, 5.74) is 3.58. The van der Waals surface area contributed by atoms with Crippen LogP contribution in [0.15, 0.2) is 64.9 Å². The highest BCUT2D eigenvalue weighted by Gasteiger charge is 2.33. The van der Waals surface area contributed by atoms with Crippen LogP contribution in [0.5, 0.6) is 0 Å². The first-order chi connectivity index (χ1) is 19.4. The van der Waals surface area contributed by atoms with Gasteiger partial charge < -0.3 is 9.88 Å². The maximum absolute atomic E-state index is 13.3. The van der Waals surface area contributed by atoms with Crippen molar-refractivity contribution in [2.24, 2.45) is 0 Å². The Morgan fingerprint density at radius 3 is 2.45 bits per heavy atom. The Kier molecular flexibility index (Phi) is 7.79. The minimum atomic E-state index is -3.51. The predicted molar refractivity (Wildman–Crippen MR) is 159 cm³/mol. The van der Waals surface area contributed by atoms with Gasteiger partial charge in [-0.05, 0) is 74.4 Å². The first-order valence-corrected chi connectivity index (χ1v) is 16.6. The third kappa shape index (κ3) is 5.47. The first-order valence-electron chi connectivity index (χ1n) is 14.3. The van der Waals surface area contributed by atoms with Crippen LogP contribution in [0.4, 0.5) is 0 Å². The number of nitrogens with one attached hydrogen (secondary N) is 1. The standard InChI is InChI=1S/C31H36N4O3S2/c1-22-9-12-27(13-10-22)40(37,38)34-17-15-23(16-18-34)30-33-28-20-24(31(36)32-21-26-8-5-19-39-26)11-14-29(28)35(30)25-6-3-2-4-7-25/h5,8-14,19-20,23,25H,2-4,6-7,15-18,21H2,1H3,(H,32,36).